The molecule has 2 heterocycles. The summed E-state index contributed by atoms with van der Waals surface area (Å²) in [6.45, 7) is 8.25. The SMILES string of the molecule is CC1(C)[C@H]2C[C@H]1[C@]1(C)OB([C@H]3CCCN3)O[C@@H]1C2. The Morgan fingerprint density at radius 1 is 1.22 bits per heavy atom. The van der Waals surface area contributed by atoms with Crippen LogP contribution in [0.25, 0.3) is 0 Å². The molecule has 3 saturated carbocycles. The van der Waals surface area contributed by atoms with Gasteiger partial charge < -0.3 is 14.6 Å². The van der Waals surface area contributed by atoms with Gasteiger partial charge in [-0.05, 0) is 56.4 Å². The van der Waals surface area contributed by atoms with Crippen LogP contribution in [0, 0.1) is 17.3 Å². The Bertz CT molecular complexity index is 369. The first-order valence-electron chi connectivity index (χ1n) is 7.58. The predicted molar refractivity (Wildman–Crippen MR) is 71.1 cm³/mol. The summed E-state index contributed by atoms with van der Waals surface area (Å²) in [5.41, 5.74) is 0.416. The Balaban J connectivity index is 1.57. The Morgan fingerprint density at radius 3 is 2.72 bits per heavy atom. The van der Waals surface area contributed by atoms with E-state index < -0.39 is 0 Å². The second-order valence-electron chi connectivity index (χ2n) is 7.54. The molecule has 0 spiro atoms. The van der Waals surface area contributed by atoms with Crippen molar-refractivity contribution in [1.82, 2.24) is 5.32 Å². The molecule has 4 heteroatoms. The van der Waals surface area contributed by atoms with E-state index in [4.69, 9.17) is 9.31 Å². The van der Waals surface area contributed by atoms with E-state index in [0.717, 1.165) is 12.5 Å². The van der Waals surface area contributed by atoms with Crippen molar-refractivity contribution in [2.75, 3.05) is 6.54 Å². The fourth-order valence-corrected chi connectivity index (χ4v) is 5.01. The molecule has 18 heavy (non-hydrogen) atoms. The molecule has 0 aromatic carbocycles. The van der Waals surface area contributed by atoms with Gasteiger partial charge >= 0.3 is 7.12 Å². The van der Waals surface area contributed by atoms with Crippen LogP contribution >= 0.6 is 0 Å². The van der Waals surface area contributed by atoms with Gasteiger partial charge in [-0.15, -0.1) is 0 Å². The highest BCUT2D eigenvalue weighted by molar-refractivity contribution is 6.47. The minimum absolute atomic E-state index is 0.00218. The molecule has 0 aromatic rings. The van der Waals surface area contributed by atoms with Crippen molar-refractivity contribution in [2.24, 2.45) is 17.3 Å². The monoisotopic (exact) mass is 249 g/mol. The van der Waals surface area contributed by atoms with Crippen molar-refractivity contribution < 1.29 is 9.31 Å². The maximum absolute atomic E-state index is 6.44. The van der Waals surface area contributed by atoms with Crippen LogP contribution in [0.3, 0.4) is 0 Å². The van der Waals surface area contributed by atoms with E-state index >= 15 is 0 Å². The molecule has 2 saturated heterocycles. The lowest BCUT2D eigenvalue weighted by Crippen LogP contribution is -2.65. The standard InChI is InChI=1S/C14H24BNO2/c1-13(2)9-7-10(13)14(3)11(8-9)17-15(18-14)12-5-4-6-16-12/h9-12,16H,4-8H2,1-3H3/t9-,10+,11+,12+,14-/m0/s1. The smallest absolute Gasteiger partial charge is 0.404 e. The van der Waals surface area contributed by atoms with E-state index in [1.807, 2.05) is 0 Å². The molecule has 5 aliphatic rings. The molecule has 0 radical (unpaired) electrons. The van der Waals surface area contributed by atoms with Gasteiger partial charge in [-0.3, -0.25) is 0 Å². The molecule has 2 bridgehead atoms. The fourth-order valence-electron chi connectivity index (χ4n) is 5.01. The van der Waals surface area contributed by atoms with Crippen LogP contribution in [0.1, 0.15) is 46.5 Å². The molecule has 5 fully saturated rings. The van der Waals surface area contributed by atoms with Gasteiger partial charge in [-0.25, -0.2) is 0 Å². The number of rotatable bonds is 1. The van der Waals surface area contributed by atoms with Gasteiger partial charge in [0, 0.05) is 5.94 Å². The summed E-state index contributed by atoms with van der Waals surface area (Å²) in [6, 6.07) is 0. The van der Waals surface area contributed by atoms with Crippen LogP contribution in [0.15, 0.2) is 0 Å². The normalized spacial score (nSPS) is 53.2. The third kappa shape index (κ3) is 1.32. The summed E-state index contributed by atoms with van der Waals surface area (Å²) in [4.78, 5) is 0. The Morgan fingerprint density at radius 2 is 2.06 bits per heavy atom. The zero-order valence-corrected chi connectivity index (χ0v) is 11.7. The van der Waals surface area contributed by atoms with Crippen molar-refractivity contribution in [2.45, 2.75) is 64.1 Å². The van der Waals surface area contributed by atoms with Crippen molar-refractivity contribution >= 4 is 7.12 Å². The molecule has 5 atom stereocenters. The first-order chi connectivity index (χ1) is 8.52. The molecule has 0 amide bonds. The third-order valence-electron chi connectivity index (χ3n) is 6.40. The topological polar surface area (TPSA) is 30.5 Å². The van der Waals surface area contributed by atoms with Crippen molar-refractivity contribution in [1.29, 1.82) is 0 Å². The van der Waals surface area contributed by atoms with Crippen molar-refractivity contribution in [3.8, 4) is 0 Å². The molecular formula is C14H24BNO2. The summed E-state index contributed by atoms with van der Waals surface area (Å²) in [5, 5.41) is 3.52. The van der Waals surface area contributed by atoms with E-state index in [0.29, 0.717) is 23.4 Å². The minimum Gasteiger partial charge on any atom is -0.404 e. The molecule has 100 valence electrons. The van der Waals surface area contributed by atoms with Gasteiger partial charge in [-0.1, -0.05) is 13.8 Å². The molecule has 0 aromatic heterocycles. The number of nitrogens with one attached hydrogen (secondary N) is 1. The second kappa shape index (κ2) is 3.53. The zero-order valence-electron chi connectivity index (χ0n) is 11.7. The molecule has 0 unspecified atom stereocenters. The van der Waals surface area contributed by atoms with Gasteiger partial charge in [0.15, 0.2) is 0 Å². The Hall–Kier alpha value is -0.0551. The first-order valence-corrected chi connectivity index (χ1v) is 7.58. The predicted octanol–water partition coefficient (Wildman–Crippen LogP) is 2.01. The molecule has 2 aliphatic heterocycles. The minimum atomic E-state index is -0.0345. The van der Waals surface area contributed by atoms with Crippen LogP contribution in [0.4, 0.5) is 0 Å². The summed E-state index contributed by atoms with van der Waals surface area (Å²) in [7, 11) is -0.00218. The number of hydrogen-bond acceptors (Lipinski definition) is 3. The van der Waals surface area contributed by atoms with E-state index in [1.54, 1.807) is 0 Å². The fraction of sp³-hybridized carbons (Fsp3) is 1.00. The van der Waals surface area contributed by atoms with Gasteiger partial charge in [0.2, 0.25) is 0 Å². The summed E-state index contributed by atoms with van der Waals surface area (Å²) < 4.78 is 12.7. The van der Waals surface area contributed by atoms with Crippen LogP contribution in [0.5, 0.6) is 0 Å². The van der Waals surface area contributed by atoms with Crippen LogP contribution in [0.2, 0.25) is 0 Å². The van der Waals surface area contributed by atoms with Gasteiger partial charge in [0.1, 0.15) is 0 Å². The lowest BCUT2D eigenvalue weighted by Gasteiger charge is -2.64. The second-order valence-corrected chi connectivity index (χ2v) is 7.54. The lowest BCUT2D eigenvalue weighted by molar-refractivity contribution is -0.199. The molecule has 3 aliphatic carbocycles. The lowest BCUT2D eigenvalue weighted by atomic mass is 9.43. The summed E-state index contributed by atoms with van der Waals surface area (Å²) >= 11 is 0. The largest absolute Gasteiger partial charge is 0.475 e. The summed E-state index contributed by atoms with van der Waals surface area (Å²) in [5.74, 6) is 1.95. The highest BCUT2D eigenvalue weighted by Crippen LogP contribution is 2.65. The van der Waals surface area contributed by atoms with E-state index in [1.165, 1.54) is 25.7 Å². The van der Waals surface area contributed by atoms with Crippen molar-refractivity contribution in [3.05, 3.63) is 0 Å². The quantitative estimate of drug-likeness (QED) is 0.721. The van der Waals surface area contributed by atoms with E-state index in [9.17, 15) is 0 Å². The zero-order chi connectivity index (χ0) is 12.5. The molecule has 3 nitrogen and oxygen atoms in total. The average Bonchev–Trinajstić information content (AvgIpc) is 2.92. The Kier molecular flexibility index (Phi) is 2.30. The van der Waals surface area contributed by atoms with E-state index in [-0.39, 0.29) is 12.7 Å². The Labute approximate surface area is 110 Å². The van der Waals surface area contributed by atoms with Gasteiger partial charge in [-0.2, -0.15) is 0 Å². The van der Waals surface area contributed by atoms with E-state index in [2.05, 4.69) is 26.1 Å². The van der Waals surface area contributed by atoms with Crippen LogP contribution in [-0.4, -0.2) is 31.3 Å². The van der Waals surface area contributed by atoms with Gasteiger partial charge in [0.05, 0.1) is 11.7 Å². The van der Waals surface area contributed by atoms with Gasteiger partial charge in [0.25, 0.3) is 0 Å². The molecular weight excluding hydrogens is 225 g/mol. The maximum Gasteiger partial charge on any atom is 0.475 e. The highest BCUT2D eigenvalue weighted by atomic mass is 16.7. The number of hydrogen-bond donors (Lipinski definition) is 1. The average molecular weight is 249 g/mol. The molecule has 5 rings (SSSR count). The van der Waals surface area contributed by atoms with Crippen LogP contribution < -0.4 is 5.32 Å². The highest BCUT2D eigenvalue weighted by Gasteiger charge is 2.68. The molecule has 1 N–H and O–H groups in total. The maximum atomic E-state index is 6.44. The van der Waals surface area contributed by atoms with Crippen LogP contribution in [-0.2, 0) is 9.31 Å². The first kappa shape index (κ1) is 11.7. The van der Waals surface area contributed by atoms with Crippen molar-refractivity contribution in [3.63, 3.8) is 0 Å². The third-order valence-corrected chi connectivity index (χ3v) is 6.40. The summed E-state index contributed by atoms with van der Waals surface area (Å²) in [6.07, 6.45) is 5.33.